The topological polar surface area (TPSA) is 88.1 Å². The Kier molecular flexibility index (Phi) is 18.8. The van der Waals surface area contributed by atoms with Gasteiger partial charge in [0.25, 0.3) is 0 Å². The number of Topliss-reactive ketones (excluding diaryl/α,β-unsaturated/α-hetero) is 1. The van der Waals surface area contributed by atoms with Gasteiger partial charge in [-0.1, -0.05) is 70.4 Å². The van der Waals surface area contributed by atoms with Crippen molar-refractivity contribution in [1.29, 1.82) is 0 Å². The van der Waals surface area contributed by atoms with Crippen molar-refractivity contribution in [2.45, 2.75) is 130 Å². The number of allylic oxidation sites excluding steroid dienone is 2. The number of ether oxygens (including phenoxy) is 1. The van der Waals surface area contributed by atoms with Crippen LogP contribution in [0.1, 0.15) is 125 Å². The van der Waals surface area contributed by atoms with Gasteiger partial charge in [0.2, 0.25) is 11.9 Å². The molecular formula is C28H51N3O4. The summed E-state index contributed by atoms with van der Waals surface area (Å²) in [6, 6.07) is 0. The number of unbranched alkanes of at least 4 members (excludes halogenated alkanes) is 11. The Labute approximate surface area is 214 Å². The van der Waals surface area contributed by atoms with E-state index in [1.165, 1.54) is 63.2 Å². The van der Waals surface area contributed by atoms with Crippen LogP contribution in [0.25, 0.3) is 0 Å². The number of aliphatic imine (C=N–C) groups is 1. The van der Waals surface area contributed by atoms with Gasteiger partial charge in [-0.15, -0.1) is 4.99 Å². The first-order valence-electron chi connectivity index (χ1n) is 13.5. The molecule has 0 aromatic rings. The highest BCUT2D eigenvalue weighted by Gasteiger charge is 2.19. The van der Waals surface area contributed by atoms with Gasteiger partial charge in [0, 0.05) is 13.5 Å². The van der Waals surface area contributed by atoms with Crippen LogP contribution in [0.4, 0.5) is 4.79 Å². The fourth-order valence-electron chi connectivity index (χ4n) is 3.53. The molecule has 0 heterocycles. The summed E-state index contributed by atoms with van der Waals surface area (Å²) in [4.78, 5) is 41.2. The lowest BCUT2D eigenvalue weighted by Gasteiger charge is -2.22. The first-order chi connectivity index (χ1) is 16.5. The maximum Gasteiger partial charge on any atom is 0.437 e. The van der Waals surface area contributed by atoms with E-state index in [2.05, 4.69) is 29.4 Å². The normalized spacial score (nSPS) is 12.1. The van der Waals surface area contributed by atoms with Crippen LogP contribution in [0.15, 0.2) is 17.1 Å². The number of guanidine groups is 1. The van der Waals surface area contributed by atoms with Crippen molar-refractivity contribution in [3.63, 3.8) is 0 Å². The number of hydrogen-bond acceptors (Lipinski definition) is 4. The number of carbonyl (C=O) groups excluding carboxylic acids is 3. The minimum atomic E-state index is -0.802. The Bertz CT molecular complexity index is 666. The summed E-state index contributed by atoms with van der Waals surface area (Å²) >= 11 is 0. The predicted molar refractivity (Wildman–Crippen MR) is 145 cm³/mol. The lowest BCUT2D eigenvalue weighted by molar-refractivity contribution is -0.120. The molecule has 0 aliphatic carbocycles. The summed E-state index contributed by atoms with van der Waals surface area (Å²) < 4.78 is 5.20. The van der Waals surface area contributed by atoms with Gasteiger partial charge in [0.15, 0.2) is 0 Å². The summed E-state index contributed by atoms with van der Waals surface area (Å²) in [5.74, 6) is -0.288. The predicted octanol–water partition coefficient (Wildman–Crippen LogP) is 6.95. The van der Waals surface area contributed by atoms with Crippen molar-refractivity contribution in [1.82, 2.24) is 10.2 Å². The van der Waals surface area contributed by atoms with Gasteiger partial charge < -0.3 is 9.64 Å². The summed E-state index contributed by atoms with van der Waals surface area (Å²) in [6.45, 7) is 8.95. The van der Waals surface area contributed by atoms with Crippen LogP contribution in [-0.2, 0) is 14.3 Å². The molecule has 0 aliphatic heterocycles. The molecule has 0 rings (SSSR count). The molecule has 0 saturated heterocycles. The first kappa shape index (κ1) is 32.8. The fraction of sp³-hybridized carbons (Fsp3) is 0.786. The summed E-state index contributed by atoms with van der Waals surface area (Å²) in [5, 5.41) is 2.66. The maximum absolute atomic E-state index is 12.4. The van der Waals surface area contributed by atoms with Crippen molar-refractivity contribution in [2.24, 2.45) is 4.99 Å². The Morgan fingerprint density at radius 3 is 1.89 bits per heavy atom. The molecule has 0 fully saturated rings. The molecule has 0 unspecified atom stereocenters. The van der Waals surface area contributed by atoms with E-state index >= 15 is 0 Å². The highest BCUT2D eigenvalue weighted by Crippen LogP contribution is 2.11. The van der Waals surface area contributed by atoms with E-state index < -0.39 is 11.7 Å². The number of rotatable bonds is 17. The molecule has 0 aliphatic rings. The van der Waals surface area contributed by atoms with E-state index in [1.807, 2.05) is 0 Å². The molecule has 0 radical (unpaired) electrons. The third kappa shape index (κ3) is 22.1. The second-order valence-corrected chi connectivity index (χ2v) is 10.4. The minimum Gasteiger partial charge on any atom is -0.442 e. The maximum atomic E-state index is 12.4. The summed E-state index contributed by atoms with van der Waals surface area (Å²) in [6.07, 6.45) is 19.8. The third-order valence-electron chi connectivity index (χ3n) is 5.33. The monoisotopic (exact) mass is 493 g/mol. The Balaban J connectivity index is 4.13. The van der Waals surface area contributed by atoms with E-state index in [1.54, 1.807) is 27.8 Å². The van der Waals surface area contributed by atoms with Crippen LogP contribution < -0.4 is 5.32 Å². The van der Waals surface area contributed by atoms with Crippen LogP contribution >= 0.6 is 0 Å². The number of likely N-dealkylation sites (N-methyl/N-ethyl adjacent to an activating group) is 1. The van der Waals surface area contributed by atoms with Gasteiger partial charge in [-0.25, -0.2) is 4.79 Å². The lowest BCUT2D eigenvalue weighted by Crippen LogP contribution is -2.44. The van der Waals surface area contributed by atoms with E-state index in [4.69, 9.17) is 4.74 Å². The second-order valence-electron chi connectivity index (χ2n) is 10.4. The van der Waals surface area contributed by atoms with Gasteiger partial charge in [-0.3, -0.25) is 14.9 Å². The third-order valence-corrected chi connectivity index (χ3v) is 5.33. The van der Waals surface area contributed by atoms with E-state index in [-0.39, 0.29) is 24.2 Å². The number of nitrogens with zero attached hydrogens (tertiary/aromatic N) is 2. The summed E-state index contributed by atoms with van der Waals surface area (Å²) in [5.41, 5.74) is -0.696. The molecular weight excluding hydrogens is 442 g/mol. The van der Waals surface area contributed by atoms with Crippen molar-refractivity contribution in [2.75, 3.05) is 13.6 Å². The van der Waals surface area contributed by atoms with E-state index in [9.17, 15) is 14.4 Å². The highest BCUT2D eigenvalue weighted by atomic mass is 16.6. The van der Waals surface area contributed by atoms with E-state index in [0.717, 1.165) is 32.1 Å². The van der Waals surface area contributed by atoms with Crippen LogP contribution in [0.5, 0.6) is 0 Å². The van der Waals surface area contributed by atoms with Crippen LogP contribution in [-0.4, -0.2) is 47.8 Å². The molecule has 7 nitrogen and oxygen atoms in total. The molecule has 35 heavy (non-hydrogen) atoms. The number of amides is 2. The molecule has 0 saturated carbocycles. The molecule has 0 atom stereocenters. The van der Waals surface area contributed by atoms with Gasteiger partial charge in [0.1, 0.15) is 11.4 Å². The van der Waals surface area contributed by atoms with Crippen molar-refractivity contribution < 1.29 is 19.1 Å². The van der Waals surface area contributed by atoms with Crippen molar-refractivity contribution in [3.05, 3.63) is 12.2 Å². The first-order valence-corrected chi connectivity index (χ1v) is 13.5. The molecule has 0 aromatic heterocycles. The van der Waals surface area contributed by atoms with Gasteiger partial charge in [-0.2, -0.15) is 0 Å². The number of hydrogen-bond donors (Lipinski definition) is 1. The molecule has 0 aromatic carbocycles. The Morgan fingerprint density at radius 1 is 0.857 bits per heavy atom. The van der Waals surface area contributed by atoms with Crippen LogP contribution in [0, 0.1) is 0 Å². The van der Waals surface area contributed by atoms with Crippen LogP contribution in [0.2, 0.25) is 0 Å². The molecule has 1 N–H and O–H groups in total. The number of ketones is 1. The van der Waals surface area contributed by atoms with Gasteiger partial charge >= 0.3 is 6.09 Å². The minimum absolute atomic E-state index is 0.0344. The zero-order chi connectivity index (χ0) is 26.5. The zero-order valence-electron chi connectivity index (χ0n) is 23.3. The van der Waals surface area contributed by atoms with Gasteiger partial charge in [-0.05, 0) is 59.8 Å². The quantitative estimate of drug-likeness (QED) is 0.102. The largest absolute Gasteiger partial charge is 0.442 e. The second kappa shape index (κ2) is 20.1. The van der Waals surface area contributed by atoms with Crippen LogP contribution in [0.3, 0.4) is 0 Å². The standard InChI is InChI=1S/C28H51N3O4/c1-7-8-9-10-11-12-13-14-15-16-17-18-19-20-21-22-25(33)29-26(31(6)23-24(2)32)30-27(34)35-28(3,4)5/h14-15H,7-13,16-23H2,1-6H3,(H,29,30,33,34)/b15-14-. The van der Waals surface area contributed by atoms with E-state index in [0.29, 0.717) is 6.42 Å². The summed E-state index contributed by atoms with van der Waals surface area (Å²) in [7, 11) is 1.60. The average molecular weight is 494 g/mol. The average Bonchev–Trinajstić information content (AvgIpc) is 2.74. The fourth-order valence-corrected chi connectivity index (χ4v) is 3.53. The van der Waals surface area contributed by atoms with Crippen molar-refractivity contribution >= 4 is 23.7 Å². The molecule has 0 bridgehead atoms. The highest BCUT2D eigenvalue weighted by molar-refractivity contribution is 6.01. The molecule has 7 heteroatoms. The van der Waals surface area contributed by atoms with Crippen molar-refractivity contribution in [3.8, 4) is 0 Å². The molecule has 0 spiro atoms. The molecule has 2 amide bonds. The lowest BCUT2D eigenvalue weighted by atomic mass is 10.1. The Morgan fingerprint density at radius 2 is 1.37 bits per heavy atom. The Hall–Kier alpha value is -2.18. The number of carbonyl (C=O) groups is 3. The molecule has 202 valence electrons. The SMILES string of the molecule is CCCCCCCC/C=C\CCCCCCCC(=O)NC(=NC(=O)OC(C)(C)C)N(C)CC(C)=O. The smallest absolute Gasteiger partial charge is 0.437 e. The van der Waals surface area contributed by atoms with Gasteiger partial charge in [0.05, 0.1) is 6.54 Å². The zero-order valence-corrected chi connectivity index (χ0v) is 23.3. The number of nitrogens with one attached hydrogen (secondary N) is 1.